The maximum atomic E-state index is 12.4. The van der Waals surface area contributed by atoms with Gasteiger partial charge in [0.2, 0.25) is 0 Å². The average Bonchev–Trinajstić information content (AvgIpc) is 2.74. The zero-order valence-corrected chi connectivity index (χ0v) is 15.4. The van der Waals surface area contributed by atoms with Crippen molar-refractivity contribution in [2.75, 3.05) is 26.2 Å². The van der Waals surface area contributed by atoms with Crippen molar-refractivity contribution < 1.29 is 4.79 Å². The summed E-state index contributed by atoms with van der Waals surface area (Å²) in [7, 11) is 0. The molecule has 2 aromatic carbocycles. The normalized spacial score (nSPS) is 15.0. The Morgan fingerprint density at radius 2 is 1.70 bits per heavy atom. The van der Waals surface area contributed by atoms with Crippen LogP contribution in [0.5, 0.6) is 0 Å². The Kier molecular flexibility index (Phi) is 5.39. The number of benzene rings is 2. The largest absolute Gasteiger partial charge is 0.351 e. The van der Waals surface area contributed by atoms with Crippen LogP contribution in [0, 0.1) is 0 Å². The highest BCUT2D eigenvalue weighted by molar-refractivity contribution is 5.94. The van der Waals surface area contributed by atoms with Crippen LogP contribution in [0.1, 0.15) is 29.6 Å². The molecule has 0 atom stereocenters. The number of carbonyl (C=O) groups is 1. The number of rotatable bonds is 5. The van der Waals surface area contributed by atoms with Gasteiger partial charge in [0.05, 0.1) is 22.9 Å². The number of hydrogen-bond acceptors (Lipinski definition) is 4. The zero-order valence-electron chi connectivity index (χ0n) is 15.4. The predicted octanol–water partition coefficient (Wildman–Crippen LogP) is 3.51. The Morgan fingerprint density at radius 3 is 2.48 bits per heavy atom. The molecule has 2 heterocycles. The molecule has 3 aromatic rings. The quantitative estimate of drug-likeness (QED) is 0.756. The van der Waals surface area contributed by atoms with Crippen LogP contribution in [-0.4, -0.2) is 47.0 Å². The third-order valence-electron chi connectivity index (χ3n) is 5.05. The van der Waals surface area contributed by atoms with Crippen molar-refractivity contribution in [1.29, 1.82) is 0 Å². The van der Waals surface area contributed by atoms with Crippen LogP contribution in [0.4, 0.5) is 0 Å². The molecule has 1 N–H and O–H groups in total. The number of nitrogens with one attached hydrogen (secondary N) is 1. The highest BCUT2D eigenvalue weighted by Gasteiger charge is 2.11. The van der Waals surface area contributed by atoms with Crippen LogP contribution in [0.2, 0.25) is 0 Å². The van der Waals surface area contributed by atoms with Crippen LogP contribution in [0.25, 0.3) is 22.3 Å². The third kappa shape index (κ3) is 4.31. The molecule has 0 aliphatic carbocycles. The molecule has 1 aromatic heterocycles. The SMILES string of the molecule is O=C(NCCN1CCCCC1)c1ccc(-c2cnc3ccccc3n2)cc1. The summed E-state index contributed by atoms with van der Waals surface area (Å²) in [5, 5.41) is 3.02. The van der Waals surface area contributed by atoms with E-state index in [1.165, 1.54) is 19.3 Å². The molecule has 0 radical (unpaired) electrons. The van der Waals surface area contributed by atoms with Crippen molar-refractivity contribution >= 4 is 16.9 Å². The van der Waals surface area contributed by atoms with E-state index >= 15 is 0 Å². The van der Waals surface area contributed by atoms with Crippen molar-refractivity contribution in [3.63, 3.8) is 0 Å². The van der Waals surface area contributed by atoms with Gasteiger partial charge in [-0.25, -0.2) is 4.98 Å². The molecule has 1 saturated heterocycles. The highest BCUT2D eigenvalue weighted by atomic mass is 16.1. The number of piperidine rings is 1. The van der Waals surface area contributed by atoms with Crippen LogP contribution < -0.4 is 5.32 Å². The highest BCUT2D eigenvalue weighted by Crippen LogP contribution is 2.19. The lowest BCUT2D eigenvalue weighted by Crippen LogP contribution is -2.37. The van der Waals surface area contributed by atoms with Gasteiger partial charge in [-0.15, -0.1) is 0 Å². The van der Waals surface area contributed by atoms with Crippen LogP contribution in [-0.2, 0) is 0 Å². The maximum absolute atomic E-state index is 12.4. The van der Waals surface area contributed by atoms with Gasteiger partial charge in [-0.2, -0.15) is 0 Å². The van der Waals surface area contributed by atoms with E-state index in [0.717, 1.165) is 41.9 Å². The van der Waals surface area contributed by atoms with Crippen LogP contribution in [0.3, 0.4) is 0 Å². The summed E-state index contributed by atoms with van der Waals surface area (Å²) in [6.07, 6.45) is 5.65. The first-order chi connectivity index (χ1) is 13.3. The van der Waals surface area contributed by atoms with Crippen molar-refractivity contribution in [2.24, 2.45) is 0 Å². The van der Waals surface area contributed by atoms with Gasteiger partial charge in [-0.1, -0.05) is 30.7 Å². The Hall–Kier alpha value is -2.79. The zero-order chi connectivity index (χ0) is 18.5. The second-order valence-corrected chi connectivity index (χ2v) is 6.98. The summed E-state index contributed by atoms with van der Waals surface area (Å²) >= 11 is 0. The van der Waals surface area contributed by atoms with E-state index in [9.17, 15) is 4.79 Å². The monoisotopic (exact) mass is 360 g/mol. The lowest BCUT2D eigenvalue weighted by Gasteiger charge is -2.26. The minimum atomic E-state index is -0.0249. The molecule has 0 saturated carbocycles. The fourth-order valence-corrected chi connectivity index (χ4v) is 3.50. The van der Waals surface area contributed by atoms with Gasteiger partial charge in [-0.3, -0.25) is 9.78 Å². The first-order valence-corrected chi connectivity index (χ1v) is 9.62. The number of para-hydroxylation sites is 2. The van der Waals surface area contributed by atoms with Crippen molar-refractivity contribution in [3.05, 3.63) is 60.3 Å². The number of likely N-dealkylation sites (tertiary alicyclic amines) is 1. The number of aromatic nitrogens is 2. The summed E-state index contributed by atoms with van der Waals surface area (Å²) in [5.41, 5.74) is 4.19. The smallest absolute Gasteiger partial charge is 0.251 e. The molecular formula is C22H24N4O. The van der Waals surface area contributed by atoms with E-state index in [1.807, 2.05) is 48.5 Å². The molecule has 27 heavy (non-hydrogen) atoms. The van der Waals surface area contributed by atoms with E-state index < -0.39 is 0 Å². The van der Waals surface area contributed by atoms with Crippen LogP contribution >= 0.6 is 0 Å². The molecule has 5 heteroatoms. The molecule has 4 rings (SSSR count). The summed E-state index contributed by atoms with van der Waals surface area (Å²) in [6.45, 7) is 3.92. The van der Waals surface area contributed by atoms with Crippen molar-refractivity contribution in [1.82, 2.24) is 20.2 Å². The van der Waals surface area contributed by atoms with Gasteiger partial charge in [-0.05, 0) is 50.2 Å². The van der Waals surface area contributed by atoms with Gasteiger partial charge in [0.25, 0.3) is 5.91 Å². The Bertz CT molecular complexity index is 917. The molecule has 1 fully saturated rings. The Morgan fingerprint density at radius 1 is 0.963 bits per heavy atom. The lowest BCUT2D eigenvalue weighted by atomic mass is 10.1. The van der Waals surface area contributed by atoms with Crippen molar-refractivity contribution in [2.45, 2.75) is 19.3 Å². The number of fused-ring (bicyclic) bond motifs is 1. The summed E-state index contributed by atoms with van der Waals surface area (Å²) in [5.74, 6) is -0.0249. The summed E-state index contributed by atoms with van der Waals surface area (Å²) < 4.78 is 0. The van der Waals surface area contributed by atoms with E-state index in [1.54, 1.807) is 6.20 Å². The van der Waals surface area contributed by atoms with Gasteiger partial charge in [0.15, 0.2) is 0 Å². The second-order valence-electron chi connectivity index (χ2n) is 6.98. The minimum Gasteiger partial charge on any atom is -0.351 e. The Labute approximate surface area is 159 Å². The first-order valence-electron chi connectivity index (χ1n) is 9.62. The first kappa shape index (κ1) is 17.6. The fourth-order valence-electron chi connectivity index (χ4n) is 3.50. The van der Waals surface area contributed by atoms with E-state index in [2.05, 4.69) is 20.2 Å². The second kappa shape index (κ2) is 8.27. The van der Waals surface area contributed by atoms with Gasteiger partial charge in [0, 0.05) is 24.2 Å². The molecule has 1 aliphatic rings. The summed E-state index contributed by atoms with van der Waals surface area (Å²) in [4.78, 5) is 23.9. The van der Waals surface area contributed by atoms with Gasteiger partial charge in [0.1, 0.15) is 0 Å². The lowest BCUT2D eigenvalue weighted by molar-refractivity contribution is 0.0946. The fraction of sp³-hybridized carbons (Fsp3) is 0.318. The van der Waals surface area contributed by atoms with Crippen molar-refractivity contribution in [3.8, 4) is 11.3 Å². The average molecular weight is 360 g/mol. The third-order valence-corrected chi connectivity index (χ3v) is 5.05. The van der Waals surface area contributed by atoms with E-state index in [4.69, 9.17) is 0 Å². The maximum Gasteiger partial charge on any atom is 0.251 e. The Balaban J connectivity index is 1.38. The number of hydrogen-bond donors (Lipinski definition) is 1. The molecule has 1 amide bonds. The molecule has 5 nitrogen and oxygen atoms in total. The van der Waals surface area contributed by atoms with Crippen LogP contribution in [0.15, 0.2) is 54.7 Å². The molecular weight excluding hydrogens is 336 g/mol. The van der Waals surface area contributed by atoms with Gasteiger partial charge >= 0.3 is 0 Å². The predicted molar refractivity (Wildman–Crippen MR) is 108 cm³/mol. The topological polar surface area (TPSA) is 58.1 Å². The molecule has 138 valence electrons. The van der Waals surface area contributed by atoms with E-state index in [0.29, 0.717) is 12.1 Å². The number of nitrogens with zero attached hydrogens (tertiary/aromatic N) is 3. The minimum absolute atomic E-state index is 0.0249. The molecule has 0 unspecified atom stereocenters. The van der Waals surface area contributed by atoms with E-state index in [-0.39, 0.29) is 5.91 Å². The standard InChI is InChI=1S/C22H24N4O/c27-22(23-12-15-26-13-4-1-5-14-26)18-10-8-17(9-11-18)21-16-24-19-6-2-3-7-20(19)25-21/h2-3,6-11,16H,1,4-5,12-15H2,(H,23,27). The molecule has 1 aliphatic heterocycles. The number of amides is 1. The molecule has 0 spiro atoms. The van der Waals surface area contributed by atoms with Gasteiger partial charge < -0.3 is 10.2 Å². The summed E-state index contributed by atoms with van der Waals surface area (Å²) in [6, 6.07) is 15.4. The number of carbonyl (C=O) groups excluding carboxylic acids is 1. The molecule has 0 bridgehead atoms.